The Morgan fingerprint density at radius 1 is 1.39 bits per heavy atom. The summed E-state index contributed by atoms with van der Waals surface area (Å²) in [7, 11) is 0. The Morgan fingerprint density at radius 3 is 3.00 bits per heavy atom. The predicted molar refractivity (Wildman–Crippen MR) is 77.9 cm³/mol. The van der Waals surface area contributed by atoms with Crippen molar-refractivity contribution in [2.45, 2.75) is 39.5 Å². The molecule has 1 fully saturated rings. The molecule has 0 unspecified atom stereocenters. The van der Waals surface area contributed by atoms with E-state index in [9.17, 15) is 0 Å². The average molecular weight is 241 g/mol. The summed E-state index contributed by atoms with van der Waals surface area (Å²) in [6.07, 6.45) is 6.95. The van der Waals surface area contributed by atoms with Crippen molar-refractivity contribution < 1.29 is 0 Å². The molecule has 1 aromatic rings. The van der Waals surface area contributed by atoms with Crippen molar-refractivity contribution in [1.82, 2.24) is 5.32 Å². The van der Waals surface area contributed by atoms with Crippen LogP contribution in [0, 0.1) is 12.3 Å². The maximum atomic E-state index is 3.59. The Morgan fingerprint density at radius 2 is 2.22 bits per heavy atom. The highest BCUT2D eigenvalue weighted by Crippen LogP contribution is 2.48. The fraction of sp³-hybridized carbons (Fsp3) is 0.529. The van der Waals surface area contributed by atoms with Crippen LogP contribution in [0.15, 0.2) is 18.2 Å². The van der Waals surface area contributed by atoms with E-state index in [2.05, 4.69) is 50.4 Å². The second-order valence-corrected chi connectivity index (χ2v) is 6.19. The van der Waals surface area contributed by atoms with Crippen molar-refractivity contribution in [3.63, 3.8) is 0 Å². The second kappa shape index (κ2) is 4.24. The van der Waals surface area contributed by atoms with Gasteiger partial charge in [0.05, 0.1) is 0 Å². The maximum absolute atomic E-state index is 3.59. The van der Waals surface area contributed by atoms with E-state index in [1.165, 1.54) is 30.5 Å². The molecule has 0 saturated carbocycles. The summed E-state index contributed by atoms with van der Waals surface area (Å²) >= 11 is 0. The SMILES string of the molecule is C/C=C\c1ccc2c(c1C)CC[C@@]1(C)CNC[C@@H]21. The van der Waals surface area contributed by atoms with Crippen molar-refractivity contribution in [2.24, 2.45) is 5.41 Å². The van der Waals surface area contributed by atoms with E-state index in [0.717, 1.165) is 12.5 Å². The van der Waals surface area contributed by atoms with Gasteiger partial charge in [0.25, 0.3) is 0 Å². The quantitative estimate of drug-likeness (QED) is 0.791. The zero-order valence-electron chi connectivity index (χ0n) is 11.7. The fourth-order valence-electron chi connectivity index (χ4n) is 3.84. The molecule has 1 aromatic carbocycles. The monoisotopic (exact) mass is 241 g/mol. The molecule has 0 bridgehead atoms. The van der Waals surface area contributed by atoms with Crippen LogP contribution in [0.3, 0.4) is 0 Å². The van der Waals surface area contributed by atoms with Crippen LogP contribution in [0.2, 0.25) is 0 Å². The van der Waals surface area contributed by atoms with Gasteiger partial charge in [-0.25, -0.2) is 0 Å². The van der Waals surface area contributed by atoms with E-state index in [1.54, 1.807) is 11.1 Å². The van der Waals surface area contributed by atoms with Crippen LogP contribution in [-0.2, 0) is 6.42 Å². The van der Waals surface area contributed by atoms with E-state index in [4.69, 9.17) is 0 Å². The van der Waals surface area contributed by atoms with Crippen LogP contribution in [0.4, 0.5) is 0 Å². The Kier molecular flexibility index (Phi) is 2.82. The lowest BCUT2D eigenvalue weighted by atomic mass is 9.66. The van der Waals surface area contributed by atoms with Crippen LogP contribution in [0.1, 0.15) is 48.4 Å². The van der Waals surface area contributed by atoms with Gasteiger partial charge in [-0.1, -0.05) is 31.2 Å². The number of allylic oxidation sites excluding steroid dienone is 1. The zero-order chi connectivity index (χ0) is 12.8. The van der Waals surface area contributed by atoms with Gasteiger partial charge in [-0.2, -0.15) is 0 Å². The maximum Gasteiger partial charge on any atom is 0.00323 e. The molecule has 3 rings (SSSR count). The predicted octanol–water partition coefficient (Wildman–Crippen LogP) is 3.67. The van der Waals surface area contributed by atoms with Crippen molar-refractivity contribution in [1.29, 1.82) is 0 Å². The van der Waals surface area contributed by atoms with E-state index >= 15 is 0 Å². The Hall–Kier alpha value is -1.08. The van der Waals surface area contributed by atoms with Crippen molar-refractivity contribution in [3.05, 3.63) is 40.5 Å². The third-order valence-electron chi connectivity index (χ3n) is 5.06. The Bertz CT molecular complexity index is 501. The number of benzene rings is 1. The minimum atomic E-state index is 0.488. The van der Waals surface area contributed by atoms with Crippen LogP contribution in [-0.4, -0.2) is 13.1 Å². The van der Waals surface area contributed by atoms with Crippen LogP contribution >= 0.6 is 0 Å². The molecule has 1 heterocycles. The van der Waals surface area contributed by atoms with Gasteiger partial charge in [-0.3, -0.25) is 0 Å². The molecule has 1 aliphatic heterocycles. The number of rotatable bonds is 1. The van der Waals surface area contributed by atoms with Gasteiger partial charge >= 0.3 is 0 Å². The molecule has 0 spiro atoms. The summed E-state index contributed by atoms with van der Waals surface area (Å²) in [5, 5.41) is 3.59. The highest BCUT2D eigenvalue weighted by Gasteiger charge is 2.43. The molecular weight excluding hydrogens is 218 g/mol. The third-order valence-corrected chi connectivity index (χ3v) is 5.06. The third kappa shape index (κ3) is 1.65. The largest absolute Gasteiger partial charge is 0.316 e. The molecule has 96 valence electrons. The molecule has 18 heavy (non-hydrogen) atoms. The second-order valence-electron chi connectivity index (χ2n) is 6.19. The van der Waals surface area contributed by atoms with Gasteiger partial charge in [0.15, 0.2) is 0 Å². The molecule has 2 aliphatic rings. The first kappa shape index (κ1) is 12.0. The van der Waals surface area contributed by atoms with Crippen LogP contribution in [0.25, 0.3) is 6.08 Å². The molecule has 0 aromatic heterocycles. The fourth-order valence-corrected chi connectivity index (χ4v) is 3.84. The van der Waals surface area contributed by atoms with Gasteiger partial charge in [0, 0.05) is 19.0 Å². The first-order valence-electron chi connectivity index (χ1n) is 7.11. The molecule has 1 N–H and O–H groups in total. The minimum Gasteiger partial charge on any atom is -0.316 e. The number of hydrogen-bond donors (Lipinski definition) is 1. The lowest BCUT2D eigenvalue weighted by molar-refractivity contribution is 0.277. The number of nitrogens with one attached hydrogen (secondary N) is 1. The Balaban J connectivity index is 2.10. The highest BCUT2D eigenvalue weighted by atomic mass is 14.9. The van der Waals surface area contributed by atoms with Gasteiger partial charge < -0.3 is 5.32 Å². The van der Waals surface area contributed by atoms with E-state index in [0.29, 0.717) is 5.41 Å². The molecular formula is C17H23N. The zero-order valence-corrected chi connectivity index (χ0v) is 11.7. The summed E-state index contributed by atoms with van der Waals surface area (Å²) in [4.78, 5) is 0. The molecule has 1 nitrogen and oxygen atoms in total. The number of hydrogen-bond acceptors (Lipinski definition) is 1. The van der Waals surface area contributed by atoms with E-state index in [1.807, 2.05) is 0 Å². The van der Waals surface area contributed by atoms with E-state index < -0.39 is 0 Å². The molecule has 1 heteroatoms. The lowest BCUT2D eigenvalue weighted by Gasteiger charge is -2.38. The first-order chi connectivity index (χ1) is 8.65. The van der Waals surface area contributed by atoms with Gasteiger partial charge in [-0.05, 0) is 54.4 Å². The van der Waals surface area contributed by atoms with Crippen LogP contribution < -0.4 is 5.32 Å². The molecule has 0 radical (unpaired) electrons. The summed E-state index contributed by atoms with van der Waals surface area (Å²) < 4.78 is 0. The topological polar surface area (TPSA) is 12.0 Å². The summed E-state index contributed by atoms with van der Waals surface area (Å²) in [5.74, 6) is 0.722. The van der Waals surface area contributed by atoms with Gasteiger partial charge in [0.2, 0.25) is 0 Å². The highest BCUT2D eigenvalue weighted by molar-refractivity contribution is 5.58. The average Bonchev–Trinajstić information content (AvgIpc) is 2.75. The first-order valence-corrected chi connectivity index (χ1v) is 7.11. The minimum absolute atomic E-state index is 0.488. The molecule has 2 atom stereocenters. The summed E-state index contributed by atoms with van der Waals surface area (Å²) in [6.45, 7) is 9.19. The standard InChI is InChI=1S/C17H23N/c1-4-5-13-6-7-15-14(12(13)2)8-9-17(3)11-18-10-16(15)17/h4-7,16,18H,8-11H2,1-3H3/b5-4-/t16-,17-/m0/s1. The lowest BCUT2D eigenvalue weighted by Crippen LogP contribution is -2.30. The van der Waals surface area contributed by atoms with Gasteiger partial charge in [0.1, 0.15) is 0 Å². The molecule has 1 aliphatic carbocycles. The summed E-state index contributed by atoms with van der Waals surface area (Å²) in [6, 6.07) is 4.69. The molecule has 0 amide bonds. The van der Waals surface area contributed by atoms with Crippen LogP contribution in [0.5, 0.6) is 0 Å². The van der Waals surface area contributed by atoms with Crippen molar-refractivity contribution in [2.75, 3.05) is 13.1 Å². The van der Waals surface area contributed by atoms with Crippen molar-refractivity contribution >= 4 is 6.08 Å². The van der Waals surface area contributed by atoms with E-state index in [-0.39, 0.29) is 0 Å². The Labute approximate surface area is 110 Å². The smallest absolute Gasteiger partial charge is 0.00323 e. The van der Waals surface area contributed by atoms with Gasteiger partial charge in [-0.15, -0.1) is 0 Å². The molecule has 1 saturated heterocycles. The summed E-state index contributed by atoms with van der Waals surface area (Å²) in [5.41, 5.74) is 6.61. The van der Waals surface area contributed by atoms with Crippen molar-refractivity contribution in [3.8, 4) is 0 Å². The number of fused-ring (bicyclic) bond motifs is 3. The normalized spacial score (nSPS) is 30.5.